The summed E-state index contributed by atoms with van der Waals surface area (Å²) in [6.07, 6.45) is 4.73. The molecule has 0 atom stereocenters. The lowest BCUT2D eigenvalue weighted by molar-refractivity contribution is 0.0376. The largest absolute Gasteiger partial charge is 0.381 e. The number of ether oxygens (including phenoxy) is 2. The van der Waals surface area contributed by atoms with Crippen LogP contribution in [0.25, 0.3) is 0 Å². The normalized spacial score (nSPS) is 18.2. The number of aryl methyl sites for hydroxylation is 1. The van der Waals surface area contributed by atoms with E-state index in [9.17, 15) is 0 Å². The fourth-order valence-electron chi connectivity index (χ4n) is 3.16. The average Bonchev–Trinajstić information content (AvgIpc) is 3.51. The van der Waals surface area contributed by atoms with E-state index in [0.717, 1.165) is 95.5 Å². The minimum absolute atomic E-state index is 0.508. The van der Waals surface area contributed by atoms with Crippen LogP contribution in [0.3, 0.4) is 0 Å². The van der Waals surface area contributed by atoms with Crippen LogP contribution in [-0.4, -0.2) is 84.8 Å². The van der Waals surface area contributed by atoms with Gasteiger partial charge in [0.1, 0.15) is 12.4 Å². The highest BCUT2D eigenvalue weighted by atomic mass is 16.5. The topological polar surface area (TPSA) is 88.8 Å². The maximum Gasteiger partial charge on any atom is 0.191 e. The molecule has 1 aromatic heterocycles. The van der Waals surface area contributed by atoms with Crippen molar-refractivity contribution in [3.8, 4) is 0 Å². The lowest BCUT2D eigenvalue weighted by Crippen LogP contribution is -2.41. The van der Waals surface area contributed by atoms with Gasteiger partial charge in [-0.15, -0.1) is 10.2 Å². The van der Waals surface area contributed by atoms with E-state index in [0.29, 0.717) is 6.54 Å². The Morgan fingerprint density at radius 1 is 1.17 bits per heavy atom. The van der Waals surface area contributed by atoms with Gasteiger partial charge in [0, 0.05) is 46.4 Å². The van der Waals surface area contributed by atoms with Crippen LogP contribution in [0.2, 0.25) is 0 Å². The van der Waals surface area contributed by atoms with Gasteiger partial charge in [0.15, 0.2) is 11.8 Å². The lowest BCUT2D eigenvalue weighted by atomic mass is 10.3. The Kier molecular flexibility index (Phi) is 9.17. The Morgan fingerprint density at radius 3 is 2.62 bits per heavy atom. The highest BCUT2D eigenvalue weighted by molar-refractivity contribution is 5.79. The zero-order valence-electron chi connectivity index (χ0n) is 18.0. The van der Waals surface area contributed by atoms with Crippen molar-refractivity contribution in [2.24, 2.45) is 18.0 Å². The summed E-state index contributed by atoms with van der Waals surface area (Å²) >= 11 is 0. The van der Waals surface area contributed by atoms with Crippen molar-refractivity contribution < 1.29 is 9.47 Å². The molecule has 0 unspecified atom stereocenters. The first-order valence-corrected chi connectivity index (χ1v) is 11.0. The molecular weight excluding hydrogens is 370 g/mol. The van der Waals surface area contributed by atoms with Crippen LogP contribution < -0.4 is 10.6 Å². The minimum atomic E-state index is 0.508. The lowest BCUT2D eigenvalue weighted by Gasteiger charge is -2.26. The fourth-order valence-corrected chi connectivity index (χ4v) is 3.16. The van der Waals surface area contributed by atoms with Crippen molar-refractivity contribution in [1.82, 2.24) is 30.3 Å². The summed E-state index contributed by atoms with van der Waals surface area (Å²) < 4.78 is 13.1. The van der Waals surface area contributed by atoms with Crippen molar-refractivity contribution in [2.75, 3.05) is 59.2 Å². The first-order valence-electron chi connectivity index (χ1n) is 11.0. The maximum atomic E-state index is 5.72. The Hall–Kier alpha value is -1.71. The van der Waals surface area contributed by atoms with Crippen LogP contribution in [-0.2, 0) is 23.1 Å². The molecule has 2 N–H and O–H groups in total. The summed E-state index contributed by atoms with van der Waals surface area (Å²) in [6.45, 7) is 10.8. The molecule has 2 aliphatic rings. The van der Waals surface area contributed by atoms with Gasteiger partial charge in [0.05, 0.1) is 13.2 Å². The van der Waals surface area contributed by atoms with Gasteiger partial charge < -0.3 is 24.7 Å². The zero-order valence-corrected chi connectivity index (χ0v) is 18.0. The predicted molar refractivity (Wildman–Crippen MR) is 113 cm³/mol. The van der Waals surface area contributed by atoms with E-state index in [1.54, 1.807) is 0 Å². The Balaban J connectivity index is 1.38. The molecule has 164 valence electrons. The number of guanidine groups is 1. The molecule has 0 amide bonds. The molecule has 0 spiro atoms. The van der Waals surface area contributed by atoms with E-state index in [-0.39, 0.29) is 0 Å². The van der Waals surface area contributed by atoms with E-state index < -0.39 is 0 Å². The monoisotopic (exact) mass is 407 g/mol. The van der Waals surface area contributed by atoms with E-state index in [4.69, 9.17) is 14.5 Å². The second kappa shape index (κ2) is 12.1. The molecule has 0 aromatic carbocycles. The maximum absolute atomic E-state index is 5.72. The third kappa shape index (κ3) is 8.28. The van der Waals surface area contributed by atoms with Crippen molar-refractivity contribution in [2.45, 2.75) is 39.2 Å². The summed E-state index contributed by atoms with van der Waals surface area (Å²) in [7, 11) is 1.97. The number of morpholine rings is 1. The first-order chi connectivity index (χ1) is 14.2. The van der Waals surface area contributed by atoms with Crippen LogP contribution in [0.15, 0.2) is 4.99 Å². The van der Waals surface area contributed by atoms with Gasteiger partial charge in [-0.2, -0.15) is 0 Å². The number of nitrogens with one attached hydrogen (secondary N) is 2. The Labute approximate surface area is 174 Å². The van der Waals surface area contributed by atoms with Crippen LogP contribution in [0.1, 0.15) is 37.3 Å². The molecule has 1 aliphatic carbocycles. The van der Waals surface area contributed by atoms with E-state index in [2.05, 4.69) is 25.7 Å². The van der Waals surface area contributed by atoms with Crippen LogP contribution in [0.5, 0.6) is 0 Å². The van der Waals surface area contributed by atoms with E-state index in [1.165, 1.54) is 12.8 Å². The molecule has 1 aromatic rings. The number of rotatable bonds is 12. The van der Waals surface area contributed by atoms with Crippen molar-refractivity contribution in [3.05, 3.63) is 11.6 Å². The first kappa shape index (κ1) is 22.0. The van der Waals surface area contributed by atoms with Gasteiger partial charge in [-0.05, 0) is 45.1 Å². The van der Waals surface area contributed by atoms with Crippen LogP contribution in [0.4, 0.5) is 0 Å². The molecule has 0 bridgehead atoms. The summed E-state index contributed by atoms with van der Waals surface area (Å²) in [6, 6.07) is 0. The van der Waals surface area contributed by atoms with Crippen molar-refractivity contribution in [1.29, 1.82) is 0 Å². The average molecular weight is 408 g/mol. The smallest absolute Gasteiger partial charge is 0.191 e. The number of aromatic nitrogens is 3. The fraction of sp³-hybridized carbons (Fsp3) is 0.850. The van der Waals surface area contributed by atoms with E-state index in [1.807, 2.05) is 18.5 Å². The molecule has 2 heterocycles. The number of hydrogen-bond acceptors (Lipinski definition) is 6. The molecule has 1 aliphatic heterocycles. The Bertz CT molecular complexity index is 624. The number of hydrogen-bond donors (Lipinski definition) is 2. The summed E-state index contributed by atoms with van der Waals surface area (Å²) in [4.78, 5) is 7.16. The third-order valence-corrected chi connectivity index (χ3v) is 5.42. The van der Waals surface area contributed by atoms with Crippen LogP contribution in [0, 0.1) is 12.8 Å². The Morgan fingerprint density at radius 2 is 1.93 bits per heavy atom. The third-order valence-electron chi connectivity index (χ3n) is 5.42. The van der Waals surface area contributed by atoms with Gasteiger partial charge in [-0.3, -0.25) is 4.90 Å². The van der Waals surface area contributed by atoms with Crippen molar-refractivity contribution >= 4 is 5.96 Å². The minimum Gasteiger partial charge on any atom is -0.381 e. The number of nitrogens with zero attached hydrogens (tertiary/aromatic N) is 5. The van der Waals surface area contributed by atoms with Gasteiger partial charge in [-0.1, -0.05) is 0 Å². The summed E-state index contributed by atoms with van der Waals surface area (Å²) in [5.74, 6) is 3.42. The van der Waals surface area contributed by atoms with Gasteiger partial charge in [0.25, 0.3) is 0 Å². The zero-order chi connectivity index (χ0) is 20.3. The molecule has 9 nitrogen and oxygen atoms in total. The van der Waals surface area contributed by atoms with E-state index >= 15 is 0 Å². The van der Waals surface area contributed by atoms with Crippen LogP contribution >= 0.6 is 0 Å². The molecule has 1 saturated carbocycles. The quantitative estimate of drug-likeness (QED) is 0.299. The van der Waals surface area contributed by atoms with Gasteiger partial charge in [0.2, 0.25) is 0 Å². The second-order valence-corrected chi connectivity index (χ2v) is 7.92. The predicted octanol–water partition coefficient (Wildman–Crippen LogP) is 0.698. The molecule has 2 fully saturated rings. The highest BCUT2D eigenvalue weighted by Crippen LogP contribution is 2.28. The summed E-state index contributed by atoms with van der Waals surface area (Å²) in [5, 5.41) is 15.2. The molecule has 0 radical (unpaired) electrons. The molecule has 9 heteroatoms. The standard InChI is InChI=1S/C20H37N7O2/c1-17-24-25-19(26(17)2)15-23-20(22-8-4-12-29-16-18-5-6-18)21-7-3-9-27-10-13-28-14-11-27/h18H,3-16H2,1-2H3,(H2,21,22,23). The molecule has 29 heavy (non-hydrogen) atoms. The molecule has 3 rings (SSSR count). The number of aliphatic imine (C=N–C) groups is 1. The molecular formula is C20H37N7O2. The highest BCUT2D eigenvalue weighted by Gasteiger charge is 2.20. The second-order valence-electron chi connectivity index (χ2n) is 7.92. The molecule has 1 saturated heterocycles. The van der Waals surface area contributed by atoms with Crippen molar-refractivity contribution in [3.63, 3.8) is 0 Å². The summed E-state index contributed by atoms with van der Waals surface area (Å²) in [5.41, 5.74) is 0. The SMILES string of the molecule is Cc1nnc(CN=C(NCCCOCC2CC2)NCCCN2CCOCC2)n1C. The van der Waals surface area contributed by atoms with Gasteiger partial charge in [-0.25, -0.2) is 4.99 Å². The van der Waals surface area contributed by atoms with Gasteiger partial charge >= 0.3 is 0 Å².